The van der Waals surface area contributed by atoms with Crippen molar-refractivity contribution in [2.75, 3.05) is 11.9 Å². The molecule has 2 rings (SSSR count). The fourth-order valence-electron chi connectivity index (χ4n) is 2.16. The summed E-state index contributed by atoms with van der Waals surface area (Å²) in [6.07, 6.45) is 0. The number of rotatable bonds is 5. The minimum atomic E-state index is -0.222. The summed E-state index contributed by atoms with van der Waals surface area (Å²) in [6, 6.07) is 13.5. The first-order chi connectivity index (χ1) is 10.6. The van der Waals surface area contributed by atoms with Crippen LogP contribution in [0.2, 0.25) is 0 Å². The van der Waals surface area contributed by atoms with E-state index in [-0.39, 0.29) is 6.03 Å². The number of urea groups is 1. The molecule has 2 N–H and O–H groups in total. The molecule has 0 atom stereocenters. The summed E-state index contributed by atoms with van der Waals surface area (Å²) in [5.41, 5.74) is 3.94. The van der Waals surface area contributed by atoms with Crippen LogP contribution in [0, 0.1) is 13.8 Å². The molecule has 4 nitrogen and oxygen atoms in total. The predicted octanol–water partition coefficient (Wildman–Crippen LogP) is 4.02. The zero-order chi connectivity index (χ0) is 15.9. The van der Waals surface area contributed by atoms with Gasteiger partial charge in [-0.1, -0.05) is 30.3 Å². The van der Waals surface area contributed by atoms with Gasteiger partial charge in [0.2, 0.25) is 0 Å². The van der Waals surface area contributed by atoms with Crippen LogP contribution in [0.5, 0.6) is 5.75 Å². The van der Waals surface area contributed by atoms with Gasteiger partial charge in [-0.3, -0.25) is 0 Å². The van der Waals surface area contributed by atoms with Crippen molar-refractivity contribution in [3.63, 3.8) is 0 Å². The molecule has 2 aromatic carbocycles. The predicted molar refractivity (Wildman–Crippen MR) is 89.4 cm³/mol. The van der Waals surface area contributed by atoms with Gasteiger partial charge in [0.25, 0.3) is 0 Å². The number of amides is 2. The molecule has 0 heterocycles. The Balaban J connectivity index is 1.97. The third kappa shape index (κ3) is 4.25. The molecule has 0 aromatic heterocycles. The number of nitrogens with one attached hydrogen (secondary N) is 2. The lowest BCUT2D eigenvalue weighted by molar-refractivity contribution is 0.251. The minimum absolute atomic E-state index is 0.222. The van der Waals surface area contributed by atoms with E-state index in [9.17, 15) is 4.79 Å². The number of hydrogen-bond acceptors (Lipinski definition) is 2. The van der Waals surface area contributed by atoms with Crippen LogP contribution in [-0.2, 0) is 6.54 Å². The molecule has 0 fully saturated rings. The number of aryl methyl sites for hydroxylation is 2. The van der Waals surface area contributed by atoms with E-state index in [4.69, 9.17) is 4.74 Å². The van der Waals surface area contributed by atoms with Crippen LogP contribution < -0.4 is 15.4 Å². The van der Waals surface area contributed by atoms with Gasteiger partial charge < -0.3 is 15.4 Å². The zero-order valence-electron chi connectivity index (χ0n) is 13.3. The second-order valence-electron chi connectivity index (χ2n) is 5.17. The second kappa shape index (κ2) is 7.50. The van der Waals surface area contributed by atoms with Crippen molar-refractivity contribution < 1.29 is 9.53 Å². The summed E-state index contributed by atoms with van der Waals surface area (Å²) in [4.78, 5) is 12.1. The minimum Gasteiger partial charge on any atom is -0.494 e. The van der Waals surface area contributed by atoms with Crippen LogP contribution >= 0.6 is 0 Å². The molecule has 116 valence electrons. The Bertz CT molecular complexity index is 653. The molecule has 0 radical (unpaired) electrons. The highest BCUT2D eigenvalue weighted by Gasteiger charge is 2.07. The molecule has 22 heavy (non-hydrogen) atoms. The van der Waals surface area contributed by atoms with Gasteiger partial charge in [0.15, 0.2) is 0 Å². The molecule has 0 unspecified atom stereocenters. The molecule has 4 heteroatoms. The smallest absolute Gasteiger partial charge is 0.319 e. The Kier molecular flexibility index (Phi) is 5.42. The zero-order valence-corrected chi connectivity index (χ0v) is 13.3. The SMILES string of the molecule is CCOc1ccccc1CNC(=O)Nc1cc(C)ccc1C. The molecule has 2 amide bonds. The quantitative estimate of drug-likeness (QED) is 0.875. The van der Waals surface area contributed by atoms with Crippen LogP contribution in [0.3, 0.4) is 0 Å². The molecule has 0 spiro atoms. The van der Waals surface area contributed by atoms with Crippen molar-refractivity contribution in [1.82, 2.24) is 5.32 Å². The number of hydrogen-bond donors (Lipinski definition) is 2. The molecule has 0 aliphatic heterocycles. The number of ether oxygens (including phenoxy) is 1. The normalized spacial score (nSPS) is 10.1. The van der Waals surface area contributed by atoms with Gasteiger partial charge in [0, 0.05) is 17.8 Å². The van der Waals surface area contributed by atoms with Gasteiger partial charge in [0.05, 0.1) is 6.61 Å². The highest BCUT2D eigenvalue weighted by Crippen LogP contribution is 2.18. The first-order valence-electron chi connectivity index (χ1n) is 7.43. The van der Waals surface area contributed by atoms with Crippen LogP contribution in [0.4, 0.5) is 10.5 Å². The monoisotopic (exact) mass is 298 g/mol. The number of carbonyl (C=O) groups excluding carboxylic acids is 1. The number of para-hydroxylation sites is 1. The summed E-state index contributed by atoms with van der Waals surface area (Å²) >= 11 is 0. The summed E-state index contributed by atoms with van der Waals surface area (Å²) < 4.78 is 5.55. The summed E-state index contributed by atoms with van der Waals surface area (Å²) in [5, 5.41) is 5.74. The van der Waals surface area contributed by atoms with Crippen LogP contribution in [0.1, 0.15) is 23.6 Å². The van der Waals surface area contributed by atoms with Crippen molar-refractivity contribution in [2.45, 2.75) is 27.3 Å². The van der Waals surface area contributed by atoms with Crippen molar-refractivity contribution >= 4 is 11.7 Å². The van der Waals surface area contributed by atoms with Gasteiger partial charge >= 0.3 is 6.03 Å². The van der Waals surface area contributed by atoms with E-state index in [0.717, 1.165) is 28.1 Å². The number of anilines is 1. The van der Waals surface area contributed by atoms with Gasteiger partial charge in [-0.25, -0.2) is 4.79 Å². The van der Waals surface area contributed by atoms with E-state index in [1.165, 1.54) is 0 Å². The first kappa shape index (κ1) is 15.9. The van der Waals surface area contributed by atoms with E-state index in [1.54, 1.807) is 0 Å². The first-order valence-corrected chi connectivity index (χ1v) is 7.43. The topological polar surface area (TPSA) is 50.4 Å². The van der Waals surface area contributed by atoms with Crippen molar-refractivity contribution in [1.29, 1.82) is 0 Å². The molecule has 0 saturated carbocycles. The molecule has 0 aliphatic carbocycles. The average Bonchev–Trinajstić information content (AvgIpc) is 2.50. The summed E-state index contributed by atoms with van der Waals surface area (Å²) in [5.74, 6) is 0.803. The van der Waals surface area contributed by atoms with Gasteiger partial charge in [-0.15, -0.1) is 0 Å². The van der Waals surface area contributed by atoms with Crippen LogP contribution in [0.15, 0.2) is 42.5 Å². The summed E-state index contributed by atoms with van der Waals surface area (Å²) in [7, 11) is 0. The third-order valence-corrected chi connectivity index (χ3v) is 3.35. The Morgan fingerprint density at radius 3 is 2.68 bits per heavy atom. The number of carbonyl (C=O) groups is 1. The van der Waals surface area contributed by atoms with E-state index >= 15 is 0 Å². The molecule has 0 aliphatic rings. The van der Waals surface area contributed by atoms with Crippen molar-refractivity contribution in [3.05, 3.63) is 59.2 Å². The maximum Gasteiger partial charge on any atom is 0.319 e. The van der Waals surface area contributed by atoms with E-state index in [0.29, 0.717) is 13.2 Å². The van der Waals surface area contributed by atoms with Crippen LogP contribution in [0.25, 0.3) is 0 Å². The van der Waals surface area contributed by atoms with Gasteiger partial charge in [-0.2, -0.15) is 0 Å². The van der Waals surface area contributed by atoms with Crippen LogP contribution in [-0.4, -0.2) is 12.6 Å². The lowest BCUT2D eigenvalue weighted by atomic mass is 10.1. The maximum absolute atomic E-state index is 12.1. The molecule has 0 bridgehead atoms. The maximum atomic E-state index is 12.1. The molecular formula is C18H22N2O2. The highest BCUT2D eigenvalue weighted by molar-refractivity contribution is 5.90. The van der Waals surface area contributed by atoms with Gasteiger partial charge in [-0.05, 0) is 44.0 Å². The Morgan fingerprint density at radius 1 is 1.14 bits per heavy atom. The van der Waals surface area contributed by atoms with Gasteiger partial charge in [0.1, 0.15) is 5.75 Å². The third-order valence-electron chi connectivity index (χ3n) is 3.35. The Labute approximate surface area is 131 Å². The molecular weight excluding hydrogens is 276 g/mol. The largest absolute Gasteiger partial charge is 0.494 e. The second-order valence-corrected chi connectivity index (χ2v) is 5.17. The lowest BCUT2D eigenvalue weighted by Gasteiger charge is -2.13. The van der Waals surface area contributed by atoms with Crippen molar-refractivity contribution in [2.24, 2.45) is 0 Å². The van der Waals surface area contributed by atoms with E-state index in [1.807, 2.05) is 63.2 Å². The lowest BCUT2D eigenvalue weighted by Crippen LogP contribution is -2.28. The average molecular weight is 298 g/mol. The fraction of sp³-hybridized carbons (Fsp3) is 0.278. The molecule has 0 saturated heterocycles. The summed E-state index contributed by atoms with van der Waals surface area (Å²) in [6.45, 7) is 6.94. The molecule has 2 aromatic rings. The number of benzene rings is 2. The Morgan fingerprint density at radius 2 is 1.91 bits per heavy atom. The van der Waals surface area contributed by atoms with Crippen molar-refractivity contribution in [3.8, 4) is 5.75 Å². The highest BCUT2D eigenvalue weighted by atomic mass is 16.5. The van der Waals surface area contributed by atoms with E-state index in [2.05, 4.69) is 10.6 Å². The standard InChI is InChI=1S/C18H22N2O2/c1-4-22-17-8-6-5-7-15(17)12-19-18(21)20-16-11-13(2)9-10-14(16)3/h5-11H,4,12H2,1-3H3,(H2,19,20,21). The Hall–Kier alpha value is -2.49. The van der Waals surface area contributed by atoms with E-state index < -0.39 is 0 Å². The fourth-order valence-corrected chi connectivity index (χ4v) is 2.16.